The molecule has 1 aliphatic rings. The maximum absolute atomic E-state index is 12.8. The predicted octanol–water partition coefficient (Wildman–Crippen LogP) is 3.12. The Morgan fingerprint density at radius 2 is 1.87 bits per heavy atom. The number of amides is 1. The molecule has 0 aromatic heterocycles. The maximum atomic E-state index is 12.8. The summed E-state index contributed by atoms with van der Waals surface area (Å²) in [5, 5.41) is 3.30. The summed E-state index contributed by atoms with van der Waals surface area (Å²) in [4.78, 5) is 25.4. The van der Waals surface area contributed by atoms with Crippen LogP contribution in [0.1, 0.15) is 24.2 Å². The Bertz CT molecular complexity index is 1070. The SMILES string of the molecule is CC1(C)CN(c2ccccc2)N(COC(=O)c2ccc(Cl)c(NS(C)(=O)=O)c2)C1=O. The number of para-hydroxylation sites is 1. The van der Waals surface area contributed by atoms with Gasteiger partial charge in [-0.25, -0.2) is 18.2 Å². The highest BCUT2D eigenvalue weighted by atomic mass is 35.5. The van der Waals surface area contributed by atoms with Gasteiger partial charge in [0.1, 0.15) is 0 Å². The molecule has 0 aliphatic carbocycles. The summed E-state index contributed by atoms with van der Waals surface area (Å²) in [6.45, 7) is 3.81. The lowest BCUT2D eigenvalue weighted by Gasteiger charge is -2.28. The average molecular weight is 452 g/mol. The van der Waals surface area contributed by atoms with Gasteiger partial charge in [0.05, 0.1) is 40.2 Å². The molecule has 0 atom stereocenters. The van der Waals surface area contributed by atoms with Crippen LogP contribution in [-0.4, -0.2) is 44.8 Å². The Hall–Kier alpha value is -2.78. The van der Waals surface area contributed by atoms with E-state index in [2.05, 4.69) is 4.72 Å². The molecular weight excluding hydrogens is 430 g/mol. The van der Waals surface area contributed by atoms with Crippen molar-refractivity contribution in [3.05, 3.63) is 59.1 Å². The summed E-state index contributed by atoms with van der Waals surface area (Å²) in [5.74, 6) is -0.886. The quantitative estimate of drug-likeness (QED) is 0.678. The standard InChI is InChI=1S/C20H22ClN3O5S/c1-20(2)12-23(15-7-5-4-6-8-15)24(19(20)26)13-29-18(25)14-9-10-16(21)17(11-14)22-30(3,27)28/h4-11,22H,12-13H2,1-3H3. The molecule has 1 amide bonds. The Labute approximate surface area is 180 Å². The third-order valence-electron chi connectivity index (χ3n) is 4.52. The number of hydrogen-bond acceptors (Lipinski definition) is 6. The molecule has 1 aliphatic heterocycles. The molecule has 0 spiro atoms. The molecule has 2 aromatic carbocycles. The van der Waals surface area contributed by atoms with E-state index < -0.39 is 21.4 Å². The van der Waals surface area contributed by atoms with Gasteiger partial charge in [0, 0.05) is 0 Å². The van der Waals surface area contributed by atoms with Crippen molar-refractivity contribution in [1.82, 2.24) is 5.01 Å². The van der Waals surface area contributed by atoms with Crippen molar-refractivity contribution in [3.8, 4) is 0 Å². The molecule has 3 rings (SSSR count). The highest BCUT2D eigenvalue weighted by molar-refractivity contribution is 7.92. The zero-order valence-corrected chi connectivity index (χ0v) is 18.3. The van der Waals surface area contributed by atoms with Crippen LogP contribution in [0.25, 0.3) is 0 Å². The van der Waals surface area contributed by atoms with E-state index in [0.29, 0.717) is 6.54 Å². The van der Waals surface area contributed by atoms with E-state index in [0.717, 1.165) is 11.9 Å². The summed E-state index contributed by atoms with van der Waals surface area (Å²) in [5.41, 5.74) is 0.328. The molecule has 1 fully saturated rings. The third-order valence-corrected chi connectivity index (χ3v) is 5.44. The van der Waals surface area contributed by atoms with Gasteiger partial charge in [-0.15, -0.1) is 0 Å². The van der Waals surface area contributed by atoms with Crippen LogP contribution in [0.4, 0.5) is 11.4 Å². The van der Waals surface area contributed by atoms with Gasteiger partial charge < -0.3 is 4.74 Å². The number of hydrazine groups is 1. The molecule has 1 saturated heterocycles. The van der Waals surface area contributed by atoms with Crippen molar-refractivity contribution in [2.75, 3.05) is 29.3 Å². The normalized spacial score (nSPS) is 15.9. The number of carbonyl (C=O) groups excluding carboxylic acids is 2. The number of nitrogens with one attached hydrogen (secondary N) is 1. The fraction of sp³-hybridized carbons (Fsp3) is 0.300. The summed E-state index contributed by atoms with van der Waals surface area (Å²) in [6.07, 6.45) is 0.979. The third kappa shape index (κ3) is 4.85. The zero-order valence-electron chi connectivity index (χ0n) is 16.8. The first kappa shape index (κ1) is 21.9. The summed E-state index contributed by atoms with van der Waals surface area (Å²) in [7, 11) is -3.57. The number of halogens is 1. The smallest absolute Gasteiger partial charge is 0.339 e. The highest BCUT2D eigenvalue weighted by Crippen LogP contribution is 2.33. The van der Waals surface area contributed by atoms with Crippen LogP contribution in [0.2, 0.25) is 5.02 Å². The van der Waals surface area contributed by atoms with Gasteiger partial charge >= 0.3 is 5.97 Å². The van der Waals surface area contributed by atoms with E-state index in [4.69, 9.17) is 16.3 Å². The number of anilines is 2. The maximum Gasteiger partial charge on any atom is 0.339 e. The van der Waals surface area contributed by atoms with Crippen LogP contribution in [0.3, 0.4) is 0 Å². The molecule has 0 saturated carbocycles. The van der Waals surface area contributed by atoms with Crippen molar-refractivity contribution in [1.29, 1.82) is 0 Å². The molecule has 160 valence electrons. The van der Waals surface area contributed by atoms with Gasteiger partial charge in [-0.2, -0.15) is 0 Å². The van der Waals surface area contributed by atoms with E-state index >= 15 is 0 Å². The van der Waals surface area contributed by atoms with E-state index in [9.17, 15) is 18.0 Å². The van der Waals surface area contributed by atoms with Gasteiger partial charge in [0.15, 0.2) is 6.73 Å². The van der Waals surface area contributed by atoms with Crippen LogP contribution in [0.5, 0.6) is 0 Å². The molecule has 1 N–H and O–H groups in total. The first-order chi connectivity index (χ1) is 14.0. The number of hydrogen-bond donors (Lipinski definition) is 1. The van der Waals surface area contributed by atoms with Crippen molar-refractivity contribution in [2.45, 2.75) is 13.8 Å². The average Bonchev–Trinajstić information content (AvgIpc) is 2.90. The molecule has 8 nitrogen and oxygen atoms in total. The number of nitrogens with zero attached hydrogens (tertiary/aromatic N) is 2. The first-order valence-corrected chi connectivity index (χ1v) is 11.3. The zero-order chi connectivity index (χ0) is 22.1. The van der Waals surface area contributed by atoms with Crippen LogP contribution < -0.4 is 9.73 Å². The highest BCUT2D eigenvalue weighted by Gasteiger charge is 2.45. The number of carbonyl (C=O) groups is 2. The van der Waals surface area contributed by atoms with Gasteiger partial charge in [-0.3, -0.25) is 14.5 Å². The Morgan fingerprint density at radius 1 is 1.20 bits per heavy atom. The van der Waals surface area contributed by atoms with E-state index in [1.165, 1.54) is 23.2 Å². The lowest BCUT2D eigenvalue weighted by atomic mass is 9.94. The topological polar surface area (TPSA) is 96.0 Å². The predicted molar refractivity (Wildman–Crippen MR) is 115 cm³/mol. The molecule has 0 unspecified atom stereocenters. The van der Waals surface area contributed by atoms with Gasteiger partial charge in [-0.1, -0.05) is 29.8 Å². The second-order valence-electron chi connectivity index (χ2n) is 7.61. The minimum absolute atomic E-state index is 0.0675. The summed E-state index contributed by atoms with van der Waals surface area (Å²) >= 11 is 5.99. The second kappa shape index (κ2) is 8.16. The minimum atomic E-state index is -3.57. The number of rotatable bonds is 6. The van der Waals surface area contributed by atoms with Gasteiger partial charge in [0.25, 0.3) is 5.91 Å². The van der Waals surface area contributed by atoms with Crippen LogP contribution in [0.15, 0.2) is 48.5 Å². The second-order valence-corrected chi connectivity index (χ2v) is 9.77. The summed E-state index contributed by atoms with van der Waals surface area (Å²) in [6, 6.07) is 13.4. The number of sulfonamides is 1. The molecule has 1 heterocycles. The number of benzene rings is 2. The van der Waals surface area contributed by atoms with Crippen LogP contribution in [0, 0.1) is 5.41 Å². The fourth-order valence-electron chi connectivity index (χ4n) is 3.08. The monoisotopic (exact) mass is 451 g/mol. The van der Waals surface area contributed by atoms with Crippen molar-refractivity contribution in [3.63, 3.8) is 0 Å². The summed E-state index contributed by atoms with van der Waals surface area (Å²) < 4.78 is 30.5. The molecular formula is C20H22ClN3O5S. The lowest BCUT2D eigenvalue weighted by molar-refractivity contribution is -0.138. The van der Waals surface area contributed by atoms with Crippen molar-refractivity contribution in [2.24, 2.45) is 5.41 Å². The van der Waals surface area contributed by atoms with Crippen LogP contribution >= 0.6 is 11.6 Å². The Morgan fingerprint density at radius 3 is 2.50 bits per heavy atom. The van der Waals surface area contributed by atoms with Gasteiger partial charge in [0.2, 0.25) is 10.0 Å². The first-order valence-electron chi connectivity index (χ1n) is 9.07. The molecule has 10 heteroatoms. The molecule has 30 heavy (non-hydrogen) atoms. The van der Waals surface area contributed by atoms with Crippen LogP contribution in [-0.2, 0) is 19.6 Å². The molecule has 0 radical (unpaired) electrons. The van der Waals surface area contributed by atoms with E-state index in [1.54, 1.807) is 5.01 Å². The Balaban J connectivity index is 1.77. The number of ether oxygens (including phenoxy) is 1. The fourth-order valence-corrected chi connectivity index (χ4v) is 3.87. The van der Waals surface area contributed by atoms with E-state index in [1.807, 2.05) is 44.2 Å². The minimum Gasteiger partial charge on any atom is -0.439 e. The number of esters is 1. The lowest BCUT2D eigenvalue weighted by Crippen LogP contribution is -2.41. The molecule has 0 bridgehead atoms. The van der Waals surface area contributed by atoms with Gasteiger partial charge in [-0.05, 0) is 44.2 Å². The Kier molecular flexibility index (Phi) is 5.96. The van der Waals surface area contributed by atoms with Crippen molar-refractivity contribution < 1.29 is 22.7 Å². The largest absolute Gasteiger partial charge is 0.439 e. The van der Waals surface area contributed by atoms with E-state index in [-0.39, 0.29) is 28.9 Å². The molecule has 2 aromatic rings. The van der Waals surface area contributed by atoms with Crippen molar-refractivity contribution >= 4 is 44.9 Å².